The molecule has 21 heavy (non-hydrogen) atoms. The van der Waals surface area contributed by atoms with Crippen LogP contribution < -0.4 is 5.32 Å². The molecule has 2 atom stereocenters. The average Bonchev–Trinajstić information content (AvgIpc) is 3.26. The van der Waals surface area contributed by atoms with E-state index in [2.05, 4.69) is 42.9 Å². The van der Waals surface area contributed by atoms with Gasteiger partial charge in [0.2, 0.25) is 0 Å². The summed E-state index contributed by atoms with van der Waals surface area (Å²) in [4.78, 5) is 5.32. The van der Waals surface area contributed by atoms with E-state index < -0.39 is 0 Å². The molecular weight excluding hydrogens is 258 g/mol. The van der Waals surface area contributed by atoms with Crippen molar-refractivity contribution in [3.63, 3.8) is 0 Å². The Morgan fingerprint density at radius 3 is 2.57 bits per heavy atom. The van der Waals surface area contributed by atoms with Gasteiger partial charge in [0.05, 0.1) is 0 Å². The van der Waals surface area contributed by atoms with Crippen LogP contribution in [-0.4, -0.2) is 61.7 Å². The van der Waals surface area contributed by atoms with Crippen LogP contribution in [0.25, 0.3) is 0 Å². The zero-order chi connectivity index (χ0) is 15.3. The van der Waals surface area contributed by atoms with Crippen molar-refractivity contribution >= 4 is 0 Å². The number of nitrogens with zero attached hydrogens (tertiary/aromatic N) is 2. The van der Waals surface area contributed by atoms with Gasteiger partial charge in [-0.3, -0.25) is 4.90 Å². The molecule has 3 heteroatoms. The van der Waals surface area contributed by atoms with E-state index in [1.165, 1.54) is 71.2 Å². The maximum absolute atomic E-state index is 3.79. The molecule has 1 saturated carbocycles. The number of likely N-dealkylation sites (N-methyl/N-ethyl adjacent to an activating group) is 1. The lowest BCUT2D eigenvalue weighted by Gasteiger charge is -2.39. The monoisotopic (exact) mass is 295 g/mol. The Morgan fingerprint density at radius 2 is 1.95 bits per heavy atom. The van der Waals surface area contributed by atoms with Crippen LogP contribution in [0.4, 0.5) is 0 Å². The van der Waals surface area contributed by atoms with Crippen molar-refractivity contribution in [2.75, 3.05) is 39.8 Å². The van der Waals surface area contributed by atoms with Crippen molar-refractivity contribution in [1.82, 2.24) is 15.1 Å². The fourth-order valence-electron chi connectivity index (χ4n) is 3.88. The normalized spacial score (nSPS) is 28.3. The molecule has 0 radical (unpaired) electrons. The third-order valence-electron chi connectivity index (χ3n) is 5.33. The molecule has 0 amide bonds. The van der Waals surface area contributed by atoms with Crippen LogP contribution in [0, 0.1) is 5.41 Å². The highest BCUT2D eigenvalue weighted by atomic mass is 15.2. The predicted octanol–water partition coefficient (Wildman–Crippen LogP) is 2.96. The predicted molar refractivity (Wildman–Crippen MR) is 91.8 cm³/mol. The summed E-state index contributed by atoms with van der Waals surface area (Å²) in [6, 6.07) is 1.58. The van der Waals surface area contributed by atoms with Gasteiger partial charge in [-0.05, 0) is 57.7 Å². The van der Waals surface area contributed by atoms with Gasteiger partial charge in [-0.2, -0.15) is 0 Å². The van der Waals surface area contributed by atoms with Gasteiger partial charge < -0.3 is 10.2 Å². The molecule has 0 aromatic rings. The first-order valence-electron chi connectivity index (χ1n) is 9.22. The van der Waals surface area contributed by atoms with Gasteiger partial charge in [0.25, 0.3) is 0 Å². The van der Waals surface area contributed by atoms with Gasteiger partial charge in [0.1, 0.15) is 0 Å². The zero-order valence-corrected chi connectivity index (χ0v) is 14.8. The molecule has 2 unspecified atom stereocenters. The minimum atomic E-state index is 0.438. The lowest BCUT2D eigenvalue weighted by Crippen LogP contribution is -2.48. The highest BCUT2D eigenvalue weighted by molar-refractivity contribution is 4.89. The Morgan fingerprint density at radius 1 is 1.19 bits per heavy atom. The third-order valence-corrected chi connectivity index (χ3v) is 5.33. The van der Waals surface area contributed by atoms with E-state index in [0.717, 1.165) is 12.1 Å². The van der Waals surface area contributed by atoms with Crippen molar-refractivity contribution < 1.29 is 0 Å². The van der Waals surface area contributed by atoms with Crippen LogP contribution in [0.2, 0.25) is 0 Å². The summed E-state index contributed by atoms with van der Waals surface area (Å²) >= 11 is 0. The van der Waals surface area contributed by atoms with Crippen molar-refractivity contribution in [1.29, 1.82) is 0 Å². The molecule has 1 heterocycles. The summed E-state index contributed by atoms with van der Waals surface area (Å²) in [6.07, 6.45) is 8.04. The first-order valence-corrected chi connectivity index (χ1v) is 9.22. The van der Waals surface area contributed by atoms with E-state index in [0.29, 0.717) is 5.41 Å². The summed E-state index contributed by atoms with van der Waals surface area (Å²) in [5, 5.41) is 3.79. The maximum atomic E-state index is 3.79. The largest absolute Gasteiger partial charge is 0.313 e. The number of rotatable bonds is 8. The number of hydrogen-bond acceptors (Lipinski definition) is 3. The standard InChI is InChI=1S/C18H37N3/c1-5-10-18(3,14-19-16-8-9-16)15-21-12-7-11-20(4)13-17(21)6-2/h16-17,19H,5-15H2,1-4H3. The van der Waals surface area contributed by atoms with Crippen LogP contribution in [0.3, 0.4) is 0 Å². The van der Waals surface area contributed by atoms with Crippen LogP contribution >= 0.6 is 0 Å². The SMILES string of the molecule is CCCC(C)(CNC1CC1)CN1CCCN(C)CC1CC. The molecular formula is C18H37N3. The highest BCUT2D eigenvalue weighted by Crippen LogP contribution is 2.28. The van der Waals surface area contributed by atoms with E-state index in [-0.39, 0.29) is 0 Å². The second kappa shape index (κ2) is 7.94. The summed E-state index contributed by atoms with van der Waals surface area (Å²) in [6.45, 7) is 13.5. The topological polar surface area (TPSA) is 18.5 Å². The number of hydrogen-bond donors (Lipinski definition) is 1. The first kappa shape index (κ1) is 17.2. The summed E-state index contributed by atoms with van der Waals surface area (Å²) in [7, 11) is 2.28. The van der Waals surface area contributed by atoms with Crippen molar-refractivity contribution in [2.45, 2.75) is 71.4 Å². The Bertz CT molecular complexity index is 303. The second-order valence-electron chi connectivity index (χ2n) is 7.86. The number of nitrogens with one attached hydrogen (secondary N) is 1. The molecule has 0 aromatic carbocycles. The molecule has 124 valence electrons. The van der Waals surface area contributed by atoms with Crippen molar-refractivity contribution in [2.24, 2.45) is 5.41 Å². The smallest absolute Gasteiger partial charge is 0.0220 e. The molecule has 1 N–H and O–H groups in total. The minimum absolute atomic E-state index is 0.438. The summed E-state index contributed by atoms with van der Waals surface area (Å²) < 4.78 is 0. The van der Waals surface area contributed by atoms with Gasteiger partial charge in [-0.15, -0.1) is 0 Å². The van der Waals surface area contributed by atoms with Crippen molar-refractivity contribution in [3.05, 3.63) is 0 Å². The minimum Gasteiger partial charge on any atom is -0.313 e. The van der Waals surface area contributed by atoms with Crippen LogP contribution in [0.15, 0.2) is 0 Å². The molecule has 0 bridgehead atoms. The van der Waals surface area contributed by atoms with Gasteiger partial charge >= 0.3 is 0 Å². The van der Waals surface area contributed by atoms with Crippen LogP contribution in [0.1, 0.15) is 59.3 Å². The lowest BCUT2D eigenvalue weighted by molar-refractivity contribution is 0.106. The molecule has 2 rings (SSSR count). The highest BCUT2D eigenvalue weighted by Gasteiger charge is 2.32. The Kier molecular flexibility index (Phi) is 6.51. The van der Waals surface area contributed by atoms with Crippen LogP contribution in [-0.2, 0) is 0 Å². The Balaban J connectivity index is 1.94. The molecule has 0 aromatic heterocycles. The van der Waals surface area contributed by atoms with Crippen molar-refractivity contribution in [3.8, 4) is 0 Å². The van der Waals surface area contributed by atoms with Crippen LogP contribution in [0.5, 0.6) is 0 Å². The van der Waals surface area contributed by atoms with E-state index in [1.54, 1.807) is 0 Å². The van der Waals surface area contributed by atoms with E-state index in [9.17, 15) is 0 Å². The molecule has 2 aliphatic rings. The first-order chi connectivity index (χ1) is 10.1. The molecule has 3 nitrogen and oxygen atoms in total. The Hall–Kier alpha value is -0.120. The fraction of sp³-hybridized carbons (Fsp3) is 1.00. The Labute approximate surface area is 132 Å². The fourth-order valence-corrected chi connectivity index (χ4v) is 3.88. The molecule has 1 aliphatic heterocycles. The summed E-state index contributed by atoms with van der Waals surface area (Å²) in [5.41, 5.74) is 0.438. The quantitative estimate of drug-likeness (QED) is 0.743. The lowest BCUT2D eigenvalue weighted by atomic mass is 9.84. The zero-order valence-electron chi connectivity index (χ0n) is 14.8. The second-order valence-corrected chi connectivity index (χ2v) is 7.86. The molecule has 1 aliphatic carbocycles. The average molecular weight is 296 g/mol. The molecule has 2 fully saturated rings. The van der Waals surface area contributed by atoms with Gasteiger partial charge in [0.15, 0.2) is 0 Å². The summed E-state index contributed by atoms with van der Waals surface area (Å²) in [5.74, 6) is 0. The van der Waals surface area contributed by atoms with Gasteiger partial charge in [-0.25, -0.2) is 0 Å². The maximum Gasteiger partial charge on any atom is 0.0220 e. The van der Waals surface area contributed by atoms with Gasteiger partial charge in [0, 0.05) is 31.7 Å². The van der Waals surface area contributed by atoms with E-state index >= 15 is 0 Å². The molecule has 1 saturated heterocycles. The molecule has 0 spiro atoms. The van der Waals surface area contributed by atoms with Gasteiger partial charge in [-0.1, -0.05) is 27.2 Å². The third kappa shape index (κ3) is 5.54. The van der Waals surface area contributed by atoms with E-state index in [1.807, 2.05) is 0 Å². The van der Waals surface area contributed by atoms with E-state index in [4.69, 9.17) is 0 Å².